The number of hydrogen-bond acceptors (Lipinski definition) is 6. The van der Waals surface area contributed by atoms with Gasteiger partial charge in [-0.3, -0.25) is 9.59 Å². The van der Waals surface area contributed by atoms with Gasteiger partial charge in [-0.15, -0.1) is 0 Å². The molecular weight excluding hydrogens is 482 g/mol. The van der Waals surface area contributed by atoms with Crippen molar-refractivity contribution in [2.75, 3.05) is 46.2 Å². The highest BCUT2D eigenvalue weighted by atomic mass is 16.6. The lowest BCUT2D eigenvalue weighted by Crippen LogP contribution is -2.27. The Bertz CT molecular complexity index is 651. The topological polar surface area (TPSA) is 83.1 Å². The van der Waals surface area contributed by atoms with E-state index in [0.29, 0.717) is 52.6 Å². The summed E-state index contributed by atoms with van der Waals surface area (Å²) in [5.74, 6) is -0.190. The van der Waals surface area contributed by atoms with Gasteiger partial charge in [-0.1, -0.05) is 56.2 Å². The van der Waals surface area contributed by atoms with Crippen LogP contribution >= 0.6 is 0 Å². The standard InChI is InChI=1S/C31H55NO6/c1-5-6-7-8-9-10-11-12-13-14-15-16-17-18-19-20-29(33)32-22-24-36-26-28-37-27-25-35-23-21-30(34)38-31(2,3)4/h9-10,12-13,15-16H,5-8,11,14,17-28H2,1-4H3,(H,32,33)/b10-9-,13-12-,16-15-. The Morgan fingerprint density at radius 3 is 1.76 bits per heavy atom. The maximum atomic E-state index is 11.9. The molecule has 220 valence electrons. The lowest BCUT2D eigenvalue weighted by atomic mass is 10.1. The van der Waals surface area contributed by atoms with Gasteiger partial charge in [-0.2, -0.15) is 0 Å². The fourth-order valence-electron chi connectivity index (χ4n) is 3.28. The highest BCUT2D eigenvalue weighted by Gasteiger charge is 2.15. The molecule has 0 aliphatic rings. The van der Waals surface area contributed by atoms with Crippen molar-refractivity contribution in [1.82, 2.24) is 5.32 Å². The number of esters is 1. The van der Waals surface area contributed by atoms with E-state index in [0.717, 1.165) is 32.1 Å². The molecule has 0 aromatic carbocycles. The van der Waals surface area contributed by atoms with Gasteiger partial charge in [0, 0.05) is 13.0 Å². The molecule has 0 rings (SSSR count). The molecule has 0 spiro atoms. The Morgan fingerprint density at radius 2 is 1.18 bits per heavy atom. The monoisotopic (exact) mass is 537 g/mol. The Morgan fingerprint density at radius 1 is 0.658 bits per heavy atom. The van der Waals surface area contributed by atoms with Crippen LogP contribution in [0.4, 0.5) is 0 Å². The van der Waals surface area contributed by atoms with Crippen LogP contribution in [0.1, 0.15) is 98.3 Å². The predicted octanol–water partition coefficient (Wildman–Crippen LogP) is 6.47. The summed E-state index contributed by atoms with van der Waals surface area (Å²) in [7, 11) is 0. The number of carbonyl (C=O) groups excluding carboxylic acids is 2. The minimum absolute atomic E-state index is 0.0723. The second-order valence-electron chi connectivity index (χ2n) is 10.2. The average molecular weight is 538 g/mol. The van der Waals surface area contributed by atoms with Crippen LogP contribution in [-0.2, 0) is 28.5 Å². The summed E-state index contributed by atoms with van der Waals surface area (Å²) >= 11 is 0. The minimum Gasteiger partial charge on any atom is -0.460 e. The summed E-state index contributed by atoms with van der Waals surface area (Å²) < 4.78 is 21.4. The second-order valence-corrected chi connectivity index (χ2v) is 10.2. The van der Waals surface area contributed by atoms with E-state index >= 15 is 0 Å². The van der Waals surface area contributed by atoms with Crippen LogP contribution in [-0.4, -0.2) is 63.7 Å². The molecule has 0 bridgehead atoms. The number of nitrogens with one attached hydrogen (secondary N) is 1. The number of unbranched alkanes of at least 4 members (excludes halogenated alkanes) is 5. The first kappa shape index (κ1) is 36.0. The zero-order chi connectivity index (χ0) is 28.2. The van der Waals surface area contributed by atoms with Gasteiger partial charge in [0.05, 0.1) is 46.1 Å². The molecule has 0 saturated carbocycles. The Kier molecular flexibility index (Phi) is 25.3. The lowest BCUT2D eigenvalue weighted by molar-refractivity contribution is -0.156. The molecule has 0 fully saturated rings. The summed E-state index contributed by atoms with van der Waals surface area (Å²) in [6.45, 7) is 10.8. The van der Waals surface area contributed by atoms with Crippen LogP contribution in [0.5, 0.6) is 0 Å². The second kappa shape index (κ2) is 26.6. The highest BCUT2D eigenvalue weighted by molar-refractivity contribution is 5.75. The highest BCUT2D eigenvalue weighted by Crippen LogP contribution is 2.08. The normalized spacial score (nSPS) is 12.2. The lowest BCUT2D eigenvalue weighted by Gasteiger charge is -2.19. The van der Waals surface area contributed by atoms with E-state index in [1.54, 1.807) is 0 Å². The molecule has 0 aliphatic carbocycles. The molecule has 0 heterocycles. The third-order valence-electron chi connectivity index (χ3n) is 5.23. The molecule has 0 aromatic heterocycles. The Labute approximate surface area is 232 Å². The van der Waals surface area contributed by atoms with Gasteiger partial charge in [0.2, 0.25) is 5.91 Å². The first-order chi connectivity index (χ1) is 18.3. The molecule has 7 heteroatoms. The molecule has 0 saturated heterocycles. The van der Waals surface area contributed by atoms with Crippen molar-refractivity contribution in [3.8, 4) is 0 Å². The van der Waals surface area contributed by atoms with Gasteiger partial charge in [0.25, 0.3) is 0 Å². The zero-order valence-corrected chi connectivity index (χ0v) is 24.6. The van der Waals surface area contributed by atoms with E-state index in [1.807, 2.05) is 20.8 Å². The number of rotatable bonds is 25. The quantitative estimate of drug-likeness (QED) is 0.0816. The molecule has 0 unspecified atom stereocenters. The number of amides is 1. The fourth-order valence-corrected chi connectivity index (χ4v) is 3.28. The minimum atomic E-state index is -0.469. The van der Waals surface area contributed by atoms with Crippen molar-refractivity contribution < 1.29 is 28.5 Å². The van der Waals surface area contributed by atoms with E-state index in [4.69, 9.17) is 18.9 Å². The van der Waals surface area contributed by atoms with E-state index in [2.05, 4.69) is 48.7 Å². The maximum absolute atomic E-state index is 11.9. The molecule has 0 atom stereocenters. The number of hydrogen-bond donors (Lipinski definition) is 1. The van der Waals surface area contributed by atoms with E-state index in [1.165, 1.54) is 25.7 Å². The van der Waals surface area contributed by atoms with E-state index < -0.39 is 5.60 Å². The smallest absolute Gasteiger partial charge is 0.308 e. The summed E-state index contributed by atoms with van der Waals surface area (Å²) in [5.41, 5.74) is -0.469. The number of carbonyl (C=O) groups is 2. The van der Waals surface area contributed by atoms with Gasteiger partial charge >= 0.3 is 5.97 Å². The Balaban J connectivity index is 3.37. The Hall–Kier alpha value is -1.96. The van der Waals surface area contributed by atoms with Gasteiger partial charge in [-0.25, -0.2) is 0 Å². The molecular formula is C31H55NO6. The van der Waals surface area contributed by atoms with Crippen LogP contribution in [0.25, 0.3) is 0 Å². The summed E-state index contributed by atoms with van der Waals surface area (Å²) in [6, 6.07) is 0. The van der Waals surface area contributed by atoms with E-state index in [-0.39, 0.29) is 18.3 Å². The first-order valence-corrected chi connectivity index (χ1v) is 14.5. The van der Waals surface area contributed by atoms with Gasteiger partial charge in [-0.05, 0) is 65.7 Å². The molecule has 0 aromatic rings. The molecule has 1 amide bonds. The fraction of sp³-hybridized carbons (Fsp3) is 0.742. The van der Waals surface area contributed by atoms with Gasteiger partial charge < -0.3 is 24.3 Å². The van der Waals surface area contributed by atoms with Gasteiger partial charge in [0.15, 0.2) is 0 Å². The van der Waals surface area contributed by atoms with Crippen LogP contribution in [0.15, 0.2) is 36.5 Å². The summed E-state index contributed by atoms with van der Waals surface area (Å²) in [4.78, 5) is 23.4. The van der Waals surface area contributed by atoms with Gasteiger partial charge in [0.1, 0.15) is 5.60 Å². The third-order valence-corrected chi connectivity index (χ3v) is 5.23. The van der Waals surface area contributed by atoms with Crippen molar-refractivity contribution in [2.24, 2.45) is 0 Å². The molecule has 0 radical (unpaired) electrons. The first-order valence-electron chi connectivity index (χ1n) is 14.5. The molecule has 0 aliphatic heterocycles. The molecule has 1 N–H and O–H groups in total. The van der Waals surface area contributed by atoms with E-state index in [9.17, 15) is 9.59 Å². The van der Waals surface area contributed by atoms with Crippen molar-refractivity contribution in [2.45, 2.75) is 104 Å². The summed E-state index contributed by atoms with van der Waals surface area (Å²) in [5, 5.41) is 2.89. The number of ether oxygens (including phenoxy) is 4. The van der Waals surface area contributed by atoms with Crippen molar-refractivity contribution in [3.05, 3.63) is 36.5 Å². The van der Waals surface area contributed by atoms with Crippen LogP contribution < -0.4 is 5.32 Å². The van der Waals surface area contributed by atoms with Crippen molar-refractivity contribution in [1.29, 1.82) is 0 Å². The predicted molar refractivity (Wildman–Crippen MR) is 155 cm³/mol. The largest absolute Gasteiger partial charge is 0.460 e. The summed E-state index contributed by atoms with van der Waals surface area (Å²) in [6.07, 6.45) is 24.2. The van der Waals surface area contributed by atoms with Crippen LogP contribution in [0.3, 0.4) is 0 Å². The maximum Gasteiger partial charge on any atom is 0.308 e. The van der Waals surface area contributed by atoms with Crippen molar-refractivity contribution in [3.63, 3.8) is 0 Å². The molecule has 7 nitrogen and oxygen atoms in total. The third kappa shape index (κ3) is 30.3. The van der Waals surface area contributed by atoms with Crippen LogP contribution in [0, 0.1) is 0 Å². The molecule has 38 heavy (non-hydrogen) atoms. The van der Waals surface area contributed by atoms with Crippen LogP contribution in [0.2, 0.25) is 0 Å². The average Bonchev–Trinajstić information content (AvgIpc) is 2.86. The SMILES string of the molecule is CCCCC/C=C\C/C=C\C/C=C\CCCCC(=O)NCCOCCOCCOCCC(=O)OC(C)(C)C. The van der Waals surface area contributed by atoms with Crippen molar-refractivity contribution >= 4 is 11.9 Å². The zero-order valence-electron chi connectivity index (χ0n) is 24.6. The number of allylic oxidation sites excluding steroid dienone is 6.